The third-order valence-electron chi connectivity index (χ3n) is 5.56. The van der Waals surface area contributed by atoms with Crippen LogP contribution in [0.5, 0.6) is 5.75 Å². The van der Waals surface area contributed by atoms with Gasteiger partial charge in [0.2, 0.25) is 5.91 Å². The van der Waals surface area contributed by atoms with Gasteiger partial charge in [0.15, 0.2) is 6.61 Å². The average Bonchev–Trinajstić information content (AvgIpc) is 2.86. The lowest BCUT2D eigenvalue weighted by Crippen LogP contribution is -2.51. The Morgan fingerprint density at radius 3 is 2.43 bits per heavy atom. The van der Waals surface area contributed by atoms with Crippen molar-refractivity contribution in [1.29, 1.82) is 0 Å². The SMILES string of the molecule is CCCCNC(=O)[C@@H](Cc1ccccc1)N(Cc1ccccc1Cl)C(=O)COc1cccc(Cl)c1. The number of hydrogen-bond donors (Lipinski definition) is 1. The Kier molecular flexibility index (Phi) is 10.5. The number of halogens is 2. The molecule has 3 aromatic carbocycles. The fourth-order valence-corrected chi connectivity index (χ4v) is 4.03. The average molecular weight is 513 g/mol. The summed E-state index contributed by atoms with van der Waals surface area (Å²) in [7, 11) is 0. The molecule has 35 heavy (non-hydrogen) atoms. The summed E-state index contributed by atoms with van der Waals surface area (Å²) in [6.07, 6.45) is 2.19. The molecule has 0 fully saturated rings. The normalized spacial score (nSPS) is 11.5. The zero-order valence-corrected chi connectivity index (χ0v) is 21.3. The van der Waals surface area contributed by atoms with Crippen LogP contribution in [0.15, 0.2) is 78.9 Å². The summed E-state index contributed by atoms with van der Waals surface area (Å²) in [5.41, 5.74) is 1.71. The molecule has 0 spiro atoms. The molecular formula is C28H30Cl2N2O3. The Hall–Kier alpha value is -3.02. The van der Waals surface area contributed by atoms with Crippen molar-refractivity contribution in [3.63, 3.8) is 0 Å². The number of nitrogens with one attached hydrogen (secondary N) is 1. The van der Waals surface area contributed by atoms with Gasteiger partial charge in [-0.3, -0.25) is 9.59 Å². The number of unbranched alkanes of at least 4 members (excludes halogenated alkanes) is 1. The smallest absolute Gasteiger partial charge is 0.261 e. The van der Waals surface area contributed by atoms with Crippen LogP contribution in [0.3, 0.4) is 0 Å². The molecule has 0 radical (unpaired) electrons. The first-order valence-electron chi connectivity index (χ1n) is 11.7. The summed E-state index contributed by atoms with van der Waals surface area (Å²) < 4.78 is 5.74. The fourth-order valence-electron chi connectivity index (χ4n) is 3.66. The molecule has 0 saturated carbocycles. The molecule has 184 valence electrons. The maximum atomic E-state index is 13.5. The summed E-state index contributed by atoms with van der Waals surface area (Å²) in [6.45, 7) is 2.55. The number of carbonyl (C=O) groups is 2. The van der Waals surface area contributed by atoms with Crippen molar-refractivity contribution in [3.8, 4) is 5.75 Å². The summed E-state index contributed by atoms with van der Waals surface area (Å²) >= 11 is 12.5. The van der Waals surface area contributed by atoms with Crippen molar-refractivity contribution in [3.05, 3.63) is 100 Å². The van der Waals surface area contributed by atoms with Crippen LogP contribution in [0.4, 0.5) is 0 Å². The maximum Gasteiger partial charge on any atom is 0.261 e. The summed E-state index contributed by atoms with van der Waals surface area (Å²) in [5, 5.41) is 4.04. The standard InChI is InChI=1S/C28H30Cl2N2O3/c1-2-3-16-31-28(34)26(17-21-10-5-4-6-11-21)32(19-22-12-7-8-15-25(22)30)27(33)20-35-24-14-9-13-23(29)18-24/h4-15,18,26H,2-3,16-17,19-20H2,1H3,(H,31,34)/t26-/m1/s1. The van der Waals surface area contributed by atoms with Gasteiger partial charge in [-0.25, -0.2) is 0 Å². The van der Waals surface area contributed by atoms with E-state index in [0.29, 0.717) is 28.8 Å². The first-order chi connectivity index (χ1) is 17.0. The first-order valence-corrected chi connectivity index (χ1v) is 12.5. The molecule has 0 aliphatic carbocycles. The number of nitrogens with zero attached hydrogens (tertiary/aromatic N) is 1. The quantitative estimate of drug-likeness (QED) is 0.306. The van der Waals surface area contributed by atoms with E-state index in [9.17, 15) is 9.59 Å². The van der Waals surface area contributed by atoms with Crippen LogP contribution in [-0.2, 0) is 22.6 Å². The van der Waals surface area contributed by atoms with Gasteiger partial charge in [0.25, 0.3) is 5.91 Å². The van der Waals surface area contributed by atoms with Gasteiger partial charge in [0.1, 0.15) is 11.8 Å². The van der Waals surface area contributed by atoms with E-state index in [-0.39, 0.29) is 25.0 Å². The second-order valence-corrected chi connectivity index (χ2v) is 9.05. The van der Waals surface area contributed by atoms with Crippen LogP contribution in [0.1, 0.15) is 30.9 Å². The van der Waals surface area contributed by atoms with Gasteiger partial charge < -0.3 is 15.0 Å². The Balaban J connectivity index is 1.89. The molecule has 1 atom stereocenters. The van der Waals surface area contributed by atoms with Crippen LogP contribution >= 0.6 is 23.2 Å². The second-order valence-electron chi connectivity index (χ2n) is 8.21. The van der Waals surface area contributed by atoms with Crippen molar-refractivity contribution >= 4 is 35.0 Å². The predicted octanol–water partition coefficient (Wildman–Crippen LogP) is 5.93. The summed E-state index contributed by atoms with van der Waals surface area (Å²) in [5.74, 6) is -0.0440. The van der Waals surface area contributed by atoms with Gasteiger partial charge in [0, 0.05) is 29.6 Å². The van der Waals surface area contributed by atoms with Crippen LogP contribution < -0.4 is 10.1 Å². The second kappa shape index (κ2) is 13.8. The number of hydrogen-bond acceptors (Lipinski definition) is 3. The molecule has 0 unspecified atom stereocenters. The minimum atomic E-state index is -0.735. The number of carbonyl (C=O) groups excluding carboxylic acids is 2. The van der Waals surface area contributed by atoms with Gasteiger partial charge in [-0.2, -0.15) is 0 Å². The molecule has 0 saturated heterocycles. The Morgan fingerprint density at radius 1 is 0.971 bits per heavy atom. The van der Waals surface area contributed by atoms with E-state index in [4.69, 9.17) is 27.9 Å². The minimum absolute atomic E-state index is 0.177. The van der Waals surface area contributed by atoms with E-state index in [1.807, 2.05) is 48.5 Å². The van der Waals surface area contributed by atoms with E-state index in [0.717, 1.165) is 24.0 Å². The van der Waals surface area contributed by atoms with Crippen LogP contribution in [0.2, 0.25) is 10.0 Å². The minimum Gasteiger partial charge on any atom is -0.484 e. The molecule has 3 rings (SSSR count). The molecule has 0 aliphatic heterocycles. The lowest BCUT2D eigenvalue weighted by Gasteiger charge is -2.31. The van der Waals surface area contributed by atoms with E-state index < -0.39 is 6.04 Å². The number of rotatable bonds is 12. The topological polar surface area (TPSA) is 58.6 Å². The largest absolute Gasteiger partial charge is 0.484 e. The summed E-state index contributed by atoms with van der Waals surface area (Å²) in [6, 6.07) is 23.1. The molecule has 0 bridgehead atoms. The van der Waals surface area contributed by atoms with Crippen LogP contribution in [0.25, 0.3) is 0 Å². The zero-order valence-electron chi connectivity index (χ0n) is 19.8. The molecule has 0 aromatic heterocycles. The zero-order chi connectivity index (χ0) is 25.0. The van der Waals surface area contributed by atoms with Crippen LogP contribution in [0, 0.1) is 0 Å². The molecule has 3 aromatic rings. The first kappa shape index (κ1) is 26.6. The highest BCUT2D eigenvalue weighted by Gasteiger charge is 2.31. The monoisotopic (exact) mass is 512 g/mol. The molecular weight excluding hydrogens is 483 g/mol. The fraction of sp³-hybridized carbons (Fsp3) is 0.286. The van der Waals surface area contributed by atoms with Crippen molar-refractivity contribution in [1.82, 2.24) is 10.2 Å². The van der Waals surface area contributed by atoms with E-state index in [1.54, 1.807) is 35.2 Å². The number of benzene rings is 3. The number of amides is 2. The van der Waals surface area contributed by atoms with E-state index in [1.165, 1.54) is 0 Å². The molecule has 0 heterocycles. The Morgan fingerprint density at radius 2 is 1.71 bits per heavy atom. The van der Waals surface area contributed by atoms with Crippen molar-refractivity contribution in [2.75, 3.05) is 13.2 Å². The lowest BCUT2D eigenvalue weighted by atomic mass is 10.0. The maximum absolute atomic E-state index is 13.5. The van der Waals surface area contributed by atoms with Gasteiger partial charge in [-0.05, 0) is 41.8 Å². The third-order valence-corrected chi connectivity index (χ3v) is 6.16. The Bertz CT molecular complexity index is 1110. The van der Waals surface area contributed by atoms with Crippen molar-refractivity contribution in [2.24, 2.45) is 0 Å². The molecule has 7 heteroatoms. The highest BCUT2D eigenvalue weighted by Crippen LogP contribution is 2.22. The highest BCUT2D eigenvalue weighted by atomic mass is 35.5. The van der Waals surface area contributed by atoms with Gasteiger partial charge in [0.05, 0.1) is 0 Å². The molecule has 1 N–H and O–H groups in total. The Labute approximate surface area is 217 Å². The highest BCUT2D eigenvalue weighted by molar-refractivity contribution is 6.31. The van der Waals surface area contributed by atoms with E-state index in [2.05, 4.69) is 12.2 Å². The molecule has 0 aliphatic rings. The van der Waals surface area contributed by atoms with E-state index >= 15 is 0 Å². The van der Waals surface area contributed by atoms with Crippen molar-refractivity contribution < 1.29 is 14.3 Å². The molecule has 2 amide bonds. The third kappa shape index (κ3) is 8.30. The van der Waals surface area contributed by atoms with Gasteiger partial charge in [-0.15, -0.1) is 0 Å². The lowest BCUT2D eigenvalue weighted by molar-refractivity contribution is -0.142. The van der Waals surface area contributed by atoms with Gasteiger partial charge in [-0.1, -0.05) is 91.1 Å². The van der Waals surface area contributed by atoms with Crippen LogP contribution in [-0.4, -0.2) is 35.9 Å². The summed E-state index contributed by atoms with van der Waals surface area (Å²) in [4.78, 5) is 28.4. The predicted molar refractivity (Wildman–Crippen MR) is 141 cm³/mol. The van der Waals surface area contributed by atoms with Crippen molar-refractivity contribution in [2.45, 2.75) is 38.8 Å². The molecule has 5 nitrogen and oxygen atoms in total. The number of ether oxygens (including phenoxy) is 1. The van der Waals surface area contributed by atoms with Gasteiger partial charge >= 0.3 is 0 Å².